The Hall–Kier alpha value is -3.39. The smallest absolute Gasteiger partial charge is 0.414 e. The molecule has 2 saturated heterocycles. The molecular weight excluding hydrogens is 460 g/mol. The van der Waals surface area contributed by atoms with Crippen LogP contribution in [0.25, 0.3) is 0 Å². The van der Waals surface area contributed by atoms with Gasteiger partial charge in [-0.25, -0.2) is 9.59 Å². The number of carbonyl (C=O) groups is 3. The second kappa shape index (κ2) is 13.6. The molecule has 0 bridgehead atoms. The standard InChI is InChI=1S/C26H34N2O2.C2H2O4/c1-21-6-5-15-28(18-21)26(29)24-13-16-27(17-14-24)19-22-9-11-25(12-10-22)30-20-23-7-3-2-4-8-23;3-1(4)2(5)6/h2-4,7-12,21,24H,5-6,13-20H2,1H3;(H,3,4)(H,5,6). The van der Waals surface area contributed by atoms with Gasteiger partial charge in [0.05, 0.1) is 0 Å². The lowest BCUT2D eigenvalue weighted by atomic mass is 9.92. The Morgan fingerprint density at radius 2 is 1.50 bits per heavy atom. The number of likely N-dealkylation sites (tertiary alicyclic amines) is 2. The number of hydrogen-bond donors (Lipinski definition) is 2. The van der Waals surface area contributed by atoms with E-state index >= 15 is 0 Å². The zero-order valence-corrected chi connectivity index (χ0v) is 20.8. The number of rotatable bonds is 6. The summed E-state index contributed by atoms with van der Waals surface area (Å²) in [5, 5.41) is 14.8. The van der Waals surface area contributed by atoms with Gasteiger partial charge in [0.15, 0.2) is 0 Å². The van der Waals surface area contributed by atoms with E-state index in [1.54, 1.807) is 0 Å². The van der Waals surface area contributed by atoms with Gasteiger partial charge >= 0.3 is 11.9 Å². The molecular formula is C28H36N2O6. The van der Waals surface area contributed by atoms with Crippen LogP contribution in [0.5, 0.6) is 5.75 Å². The minimum Gasteiger partial charge on any atom is -0.489 e. The van der Waals surface area contributed by atoms with E-state index < -0.39 is 11.9 Å². The highest BCUT2D eigenvalue weighted by Crippen LogP contribution is 2.25. The summed E-state index contributed by atoms with van der Waals surface area (Å²) in [6, 6.07) is 18.7. The maximum Gasteiger partial charge on any atom is 0.414 e. The molecule has 2 aromatic carbocycles. The van der Waals surface area contributed by atoms with Crippen molar-refractivity contribution >= 4 is 17.8 Å². The predicted molar refractivity (Wildman–Crippen MR) is 135 cm³/mol. The van der Waals surface area contributed by atoms with E-state index in [0.29, 0.717) is 18.4 Å². The Labute approximate surface area is 212 Å². The van der Waals surface area contributed by atoms with E-state index in [1.165, 1.54) is 17.5 Å². The number of aliphatic carboxylic acids is 2. The van der Waals surface area contributed by atoms with Crippen molar-refractivity contribution in [1.29, 1.82) is 0 Å². The van der Waals surface area contributed by atoms with Crippen molar-refractivity contribution in [2.24, 2.45) is 11.8 Å². The molecule has 1 unspecified atom stereocenters. The fourth-order valence-corrected chi connectivity index (χ4v) is 4.68. The minimum absolute atomic E-state index is 0.223. The number of carboxylic acids is 2. The summed E-state index contributed by atoms with van der Waals surface area (Å²) < 4.78 is 5.89. The SMILES string of the molecule is CC1CCCN(C(=O)C2CCN(Cc3ccc(OCc4ccccc4)cc3)CC2)C1.O=C(O)C(=O)O. The largest absolute Gasteiger partial charge is 0.489 e. The van der Waals surface area contributed by atoms with Crippen LogP contribution >= 0.6 is 0 Å². The maximum absolute atomic E-state index is 12.9. The summed E-state index contributed by atoms with van der Waals surface area (Å²) in [5.74, 6) is -1.46. The van der Waals surface area contributed by atoms with Crippen LogP contribution in [0.2, 0.25) is 0 Å². The lowest BCUT2D eigenvalue weighted by Gasteiger charge is -2.37. The fourth-order valence-electron chi connectivity index (χ4n) is 4.68. The average molecular weight is 497 g/mol. The van der Waals surface area contributed by atoms with Gasteiger partial charge in [-0.1, -0.05) is 49.4 Å². The summed E-state index contributed by atoms with van der Waals surface area (Å²) in [7, 11) is 0. The molecule has 1 amide bonds. The molecule has 4 rings (SSSR count). The van der Waals surface area contributed by atoms with Gasteiger partial charge in [-0.3, -0.25) is 9.69 Å². The molecule has 2 fully saturated rings. The maximum atomic E-state index is 12.9. The first-order chi connectivity index (χ1) is 17.3. The molecule has 8 nitrogen and oxygen atoms in total. The predicted octanol–water partition coefficient (Wildman–Crippen LogP) is 3.89. The summed E-state index contributed by atoms with van der Waals surface area (Å²) >= 11 is 0. The highest BCUT2D eigenvalue weighted by molar-refractivity contribution is 6.27. The molecule has 2 heterocycles. The van der Waals surface area contributed by atoms with E-state index in [-0.39, 0.29) is 5.92 Å². The van der Waals surface area contributed by atoms with Crippen molar-refractivity contribution in [3.05, 3.63) is 65.7 Å². The van der Waals surface area contributed by atoms with E-state index in [9.17, 15) is 4.79 Å². The molecule has 0 radical (unpaired) electrons. The van der Waals surface area contributed by atoms with Crippen LogP contribution in [0.4, 0.5) is 0 Å². The van der Waals surface area contributed by atoms with Gasteiger partial charge in [-0.15, -0.1) is 0 Å². The van der Waals surface area contributed by atoms with Gasteiger partial charge in [-0.05, 0) is 68.0 Å². The van der Waals surface area contributed by atoms with Gasteiger partial charge in [0.25, 0.3) is 0 Å². The molecule has 2 aliphatic rings. The summed E-state index contributed by atoms with van der Waals surface area (Å²) in [4.78, 5) is 35.7. The Morgan fingerprint density at radius 1 is 0.861 bits per heavy atom. The Bertz CT molecular complexity index is 975. The van der Waals surface area contributed by atoms with Crippen LogP contribution in [-0.2, 0) is 27.5 Å². The van der Waals surface area contributed by atoms with Crippen molar-refractivity contribution in [1.82, 2.24) is 9.80 Å². The number of ether oxygens (including phenoxy) is 1. The van der Waals surface area contributed by atoms with Crippen LogP contribution < -0.4 is 4.74 Å². The van der Waals surface area contributed by atoms with Crippen molar-refractivity contribution in [3.8, 4) is 5.75 Å². The first kappa shape index (κ1) is 27.2. The summed E-state index contributed by atoms with van der Waals surface area (Å²) in [6.45, 7) is 7.73. The molecule has 2 aromatic rings. The summed E-state index contributed by atoms with van der Waals surface area (Å²) in [5.41, 5.74) is 2.48. The van der Waals surface area contributed by atoms with Gasteiger partial charge < -0.3 is 19.8 Å². The molecule has 36 heavy (non-hydrogen) atoms. The molecule has 0 aromatic heterocycles. The number of carboxylic acid groups (broad SMARTS) is 2. The van der Waals surface area contributed by atoms with Gasteiger partial charge in [0.2, 0.25) is 5.91 Å². The van der Waals surface area contributed by atoms with Crippen molar-refractivity contribution < 1.29 is 29.3 Å². The van der Waals surface area contributed by atoms with E-state index in [0.717, 1.165) is 57.7 Å². The van der Waals surface area contributed by atoms with Crippen LogP contribution in [0.15, 0.2) is 54.6 Å². The zero-order chi connectivity index (χ0) is 25.9. The van der Waals surface area contributed by atoms with Crippen LogP contribution in [0.1, 0.15) is 43.7 Å². The van der Waals surface area contributed by atoms with Crippen LogP contribution in [-0.4, -0.2) is 64.0 Å². The van der Waals surface area contributed by atoms with Crippen molar-refractivity contribution in [2.45, 2.75) is 45.8 Å². The molecule has 1 atom stereocenters. The Balaban J connectivity index is 0.000000538. The lowest BCUT2D eigenvalue weighted by Crippen LogP contribution is -2.45. The third-order valence-electron chi connectivity index (χ3n) is 6.67. The topological polar surface area (TPSA) is 107 Å². The molecule has 0 aliphatic carbocycles. The lowest BCUT2D eigenvalue weighted by molar-refractivity contribution is -0.159. The van der Waals surface area contributed by atoms with Crippen LogP contribution in [0, 0.1) is 11.8 Å². The van der Waals surface area contributed by atoms with Crippen molar-refractivity contribution in [2.75, 3.05) is 26.2 Å². The quantitative estimate of drug-likeness (QED) is 0.584. The number of hydrogen-bond acceptors (Lipinski definition) is 5. The molecule has 2 N–H and O–H groups in total. The monoisotopic (exact) mass is 496 g/mol. The zero-order valence-electron chi connectivity index (χ0n) is 20.8. The molecule has 0 spiro atoms. The normalized spacial score (nSPS) is 18.6. The van der Waals surface area contributed by atoms with Crippen LogP contribution in [0.3, 0.4) is 0 Å². The Kier molecular flexibility index (Phi) is 10.3. The first-order valence-electron chi connectivity index (χ1n) is 12.5. The highest BCUT2D eigenvalue weighted by atomic mass is 16.5. The average Bonchev–Trinajstić information content (AvgIpc) is 2.89. The second-order valence-electron chi connectivity index (χ2n) is 9.61. The number of amides is 1. The number of nitrogens with zero attached hydrogens (tertiary/aromatic N) is 2. The third kappa shape index (κ3) is 8.68. The Morgan fingerprint density at radius 3 is 2.08 bits per heavy atom. The minimum atomic E-state index is -1.82. The highest BCUT2D eigenvalue weighted by Gasteiger charge is 2.30. The van der Waals surface area contributed by atoms with E-state index in [2.05, 4.69) is 53.1 Å². The number of benzene rings is 2. The van der Waals surface area contributed by atoms with Gasteiger partial charge in [-0.2, -0.15) is 0 Å². The van der Waals surface area contributed by atoms with Gasteiger partial charge in [0, 0.05) is 25.6 Å². The number of piperidine rings is 2. The molecule has 8 heteroatoms. The first-order valence-corrected chi connectivity index (χ1v) is 12.5. The number of carbonyl (C=O) groups excluding carboxylic acids is 1. The van der Waals surface area contributed by atoms with E-state index in [4.69, 9.17) is 24.5 Å². The van der Waals surface area contributed by atoms with Crippen molar-refractivity contribution in [3.63, 3.8) is 0 Å². The molecule has 2 aliphatic heterocycles. The third-order valence-corrected chi connectivity index (χ3v) is 6.67. The molecule has 194 valence electrons. The van der Waals surface area contributed by atoms with Gasteiger partial charge in [0.1, 0.15) is 12.4 Å². The molecule has 0 saturated carbocycles. The van der Waals surface area contributed by atoms with E-state index in [1.807, 2.05) is 18.2 Å². The second-order valence-corrected chi connectivity index (χ2v) is 9.61. The summed E-state index contributed by atoms with van der Waals surface area (Å²) in [6.07, 6.45) is 4.40. The fraction of sp³-hybridized carbons (Fsp3) is 0.464.